The van der Waals surface area contributed by atoms with Gasteiger partial charge in [0.2, 0.25) is 0 Å². The molecule has 106 valence electrons. The maximum absolute atomic E-state index is 2.27. The van der Waals surface area contributed by atoms with Crippen LogP contribution in [0, 0.1) is 11.8 Å². The predicted molar refractivity (Wildman–Crippen MR) is 86.1 cm³/mol. The highest BCUT2D eigenvalue weighted by molar-refractivity contribution is 5.14. The van der Waals surface area contributed by atoms with Gasteiger partial charge in [0.1, 0.15) is 0 Å². The van der Waals surface area contributed by atoms with Crippen molar-refractivity contribution in [2.24, 2.45) is 11.8 Å². The number of aryl methyl sites for hydroxylation is 1. The lowest BCUT2D eigenvalue weighted by Gasteiger charge is -2.03. The molecule has 0 spiro atoms. The summed E-state index contributed by atoms with van der Waals surface area (Å²) in [6, 6.07) is 10.7. The van der Waals surface area contributed by atoms with Crippen molar-refractivity contribution in [2.75, 3.05) is 0 Å². The van der Waals surface area contributed by atoms with Gasteiger partial charge in [-0.25, -0.2) is 0 Å². The second-order valence-corrected chi connectivity index (χ2v) is 5.22. The maximum atomic E-state index is 2.27. The lowest BCUT2D eigenvalue weighted by Crippen LogP contribution is -1.91. The first kappa shape index (κ1) is 19.6. The molecule has 18 heavy (non-hydrogen) atoms. The van der Waals surface area contributed by atoms with Gasteiger partial charge >= 0.3 is 0 Å². The van der Waals surface area contributed by atoms with E-state index in [0.717, 1.165) is 11.8 Å². The second-order valence-electron chi connectivity index (χ2n) is 5.22. The van der Waals surface area contributed by atoms with Crippen LogP contribution >= 0.6 is 0 Å². The van der Waals surface area contributed by atoms with Gasteiger partial charge in [-0.15, -0.1) is 0 Å². The molecule has 0 heterocycles. The van der Waals surface area contributed by atoms with E-state index in [1.54, 1.807) is 0 Å². The van der Waals surface area contributed by atoms with Crippen LogP contribution in [0.4, 0.5) is 0 Å². The zero-order chi connectivity index (χ0) is 14.4. The van der Waals surface area contributed by atoms with Crippen LogP contribution in [0.1, 0.15) is 66.9 Å². The molecule has 0 atom stereocenters. The first-order chi connectivity index (χ1) is 8.56. The van der Waals surface area contributed by atoms with E-state index in [0.29, 0.717) is 0 Å². The van der Waals surface area contributed by atoms with Crippen molar-refractivity contribution in [1.82, 2.24) is 0 Å². The predicted octanol–water partition coefficient (Wildman–Crippen LogP) is 6.35. The Morgan fingerprint density at radius 1 is 0.833 bits per heavy atom. The summed E-state index contributed by atoms with van der Waals surface area (Å²) >= 11 is 0. The van der Waals surface area contributed by atoms with Crippen LogP contribution in [-0.4, -0.2) is 0 Å². The summed E-state index contributed by atoms with van der Waals surface area (Å²) in [5.74, 6) is 1.70. The molecule has 0 fully saturated rings. The molecule has 0 radical (unpaired) electrons. The van der Waals surface area contributed by atoms with E-state index in [9.17, 15) is 0 Å². The van der Waals surface area contributed by atoms with E-state index >= 15 is 0 Å². The fourth-order valence-electron chi connectivity index (χ4n) is 1.10. The van der Waals surface area contributed by atoms with Gasteiger partial charge in [-0.2, -0.15) is 0 Å². The molecule has 0 amide bonds. The molecular formula is C18H34. The normalized spacial score (nSPS) is 9.39. The summed E-state index contributed by atoms with van der Waals surface area (Å²) < 4.78 is 0. The fourth-order valence-corrected chi connectivity index (χ4v) is 1.10. The Morgan fingerprint density at radius 3 is 1.61 bits per heavy atom. The van der Waals surface area contributed by atoms with Crippen molar-refractivity contribution in [2.45, 2.75) is 67.7 Å². The minimum atomic E-state index is 0.815. The number of hydrogen-bond acceptors (Lipinski definition) is 0. The molecule has 1 rings (SSSR count). The molecule has 0 heteroatoms. The van der Waals surface area contributed by atoms with Gasteiger partial charge < -0.3 is 0 Å². The molecule has 0 N–H and O–H groups in total. The van der Waals surface area contributed by atoms with Crippen LogP contribution in [0.5, 0.6) is 0 Å². The molecule has 0 saturated carbocycles. The van der Waals surface area contributed by atoms with E-state index in [4.69, 9.17) is 0 Å². The van der Waals surface area contributed by atoms with Crippen LogP contribution in [0.15, 0.2) is 30.3 Å². The average molecular weight is 250 g/mol. The van der Waals surface area contributed by atoms with Gasteiger partial charge in [-0.3, -0.25) is 0 Å². The molecule has 0 saturated heterocycles. The van der Waals surface area contributed by atoms with Crippen LogP contribution < -0.4 is 0 Å². The molecule has 1 aromatic carbocycles. The van der Waals surface area contributed by atoms with Crippen LogP contribution in [0.3, 0.4) is 0 Å². The van der Waals surface area contributed by atoms with Crippen molar-refractivity contribution >= 4 is 0 Å². The summed E-state index contributed by atoms with van der Waals surface area (Å²) in [5, 5.41) is 0. The van der Waals surface area contributed by atoms with Gasteiger partial charge in [0.05, 0.1) is 0 Å². The van der Waals surface area contributed by atoms with Crippen LogP contribution in [-0.2, 0) is 6.42 Å². The van der Waals surface area contributed by atoms with Gasteiger partial charge in [0.15, 0.2) is 0 Å². The molecule has 1 aromatic rings. The van der Waals surface area contributed by atoms with E-state index in [1.165, 1.54) is 24.8 Å². The standard InChI is InChI=1S/C11H16.C5H12.C2H6/c1-10(2)8-9-11-6-4-3-5-7-11;1-4-5(2)3;1-2/h3-7,10H,8-9H2,1-2H3;5H,4H2,1-3H3;1-2H3. The van der Waals surface area contributed by atoms with Gasteiger partial charge in [-0.1, -0.05) is 85.2 Å². The van der Waals surface area contributed by atoms with Crippen molar-refractivity contribution in [3.8, 4) is 0 Å². The number of benzene rings is 1. The largest absolute Gasteiger partial charge is 0.0683 e. The monoisotopic (exact) mass is 250 g/mol. The maximum Gasteiger partial charge on any atom is -0.0276 e. The van der Waals surface area contributed by atoms with E-state index < -0.39 is 0 Å². The molecule has 0 aliphatic rings. The quantitative estimate of drug-likeness (QED) is 0.583. The topological polar surface area (TPSA) is 0 Å². The molecule has 0 aliphatic heterocycles. The summed E-state index contributed by atoms with van der Waals surface area (Å²) in [6.45, 7) is 15.2. The Hall–Kier alpha value is -0.780. The first-order valence-corrected chi connectivity index (χ1v) is 7.60. The minimum Gasteiger partial charge on any atom is -0.0683 e. The van der Waals surface area contributed by atoms with E-state index in [1.807, 2.05) is 13.8 Å². The third-order valence-electron chi connectivity index (χ3n) is 2.67. The fraction of sp³-hybridized carbons (Fsp3) is 0.667. The minimum absolute atomic E-state index is 0.815. The molecule has 0 aromatic heterocycles. The van der Waals surface area contributed by atoms with Crippen molar-refractivity contribution in [3.05, 3.63) is 35.9 Å². The van der Waals surface area contributed by atoms with Gasteiger partial charge in [0.25, 0.3) is 0 Å². The Kier molecular flexibility index (Phi) is 15.5. The average Bonchev–Trinajstić information content (AvgIpc) is 2.40. The zero-order valence-corrected chi connectivity index (χ0v) is 13.7. The lowest BCUT2D eigenvalue weighted by molar-refractivity contribution is 0.587. The molecular weight excluding hydrogens is 216 g/mol. The Labute approximate surface area is 116 Å². The third-order valence-corrected chi connectivity index (χ3v) is 2.67. The van der Waals surface area contributed by atoms with Gasteiger partial charge in [0, 0.05) is 0 Å². The zero-order valence-electron chi connectivity index (χ0n) is 13.7. The van der Waals surface area contributed by atoms with Crippen molar-refractivity contribution in [3.63, 3.8) is 0 Å². The molecule has 0 unspecified atom stereocenters. The first-order valence-electron chi connectivity index (χ1n) is 7.60. The van der Waals surface area contributed by atoms with E-state index in [2.05, 4.69) is 65.0 Å². The lowest BCUT2D eigenvalue weighted by atomic mass is 10.0. The van der Waals surface area contributed by atoms with Gasteiger partial charge in [-0.05, 0) is 30.2 Å². The summed E-state index contributed by atoms with van der Waals surface area (Å²) in [7, 11) is 0. The SMILES string of the molecule is CC.CC(C)CCc1ccccc1.CCC(C)C. The smallest absolute Gasteiger partial charge is 0.0276 e. The number of hydrogen-bond donors (Lipinski definition) is 0. The Bertz CT molecular complexity index is 233. The highest BCUT2D eigenvalue weighted by atomic mass is 14.0. The summed E-state index contributed by atoms with van der Waals surface area (Å²) in [4.78, 5) is 0. The Balaban J connectivity index is 0. The van der Waals surface area contributed by atoms with Crippen LogP contribution in [0.25, 0.3) is 0 Å². The number of rotatable bonds is 4. The third kappa shape index (κ3) is 15.2. The summed E-state index contributed by atoms with van der Waals surface area (Å²) in [6.07, 6.45) is 3.82. The van der Waals surface area contributed by atoms with E-state index in [-0.39, 0.29) is 0 Å². The highest BCUT2D eigenvalue weighted by Gasteiger charge is 1.94. The molecule has 0 bridgehead atoms. The summed E-state index contributed by atoms with van der Waals surface area (Å²) in [5.41, 5.74) is 1.46. The Morgan fingerprint density at radius 2 is 1.28 bits per heavy atom. The highest BCUT2D eigenvalue weighted by Crippen LogP contribution is 2.07. The second kappa shape index (κ2) is 14.3. The molecule has 0 nitrogen and oxygen atoms in total. The molecule has 0 aliphatic carbocycles. The van der Waals surface area contributed by atoms with Crippen molar-refractivity contribution < 1.29 is 0 Å². The van der Waals surface area contributed by atoms with Crippen LogP contribution in [0.2, 0.25) is 0 Å². The van der Waals surface area contributed by atoms with Crippen molar-refractivity contribution in [1.29, 1.82) is 0 Å².